The number of non-ortho nitro benzene ring substituents is 1. The first-order chi connectivity index (χ1) is 14.9. The van der Waals surface area contributed by atoms with Crippen molar-refractivity contribution in [2.45, 2.75) is 33.1 Å². The lowest BCUT2D eigenvalue weighted by Crippen LogP contribution is -2.50. The summed E-state index contributed by atoms with van der Waals surface area (Å²) in [4.78, 5) is 28.4. The van der Waals surface area contributed by atoms with Gasteiger partial charge in [0.1, 0.15) is 0 Å². The number of carbonyl (C=O) groups excluding carboxylic acids is 1. The molecule has 7 nitrogen and oxygen atoms in total. The van der Waals surface area contributed by atoms with Gasteiger partial charge in [-0.2, -0.15) is 0 Å². The molecule has 7 heteroatoms. The molecule has 1 aliphatic heterocycles. The van der Waals surface area contributed by atoms with E-state index in [0.29, 0.717) is 30.0 Å². The van der Waals surface area contributed by atoms with E-state index in [1.165, 1.54) is 24.1 Å². The number of amides is 1. The third-order valence-corrected chi connectivity index (χ3v) is 7.55. The fourth-order valence-corrected chi connectivity index (χ4v) is 5.37. The predicted octanol–water partition coefficient (Wildman–Crippen LogP) is 3.75. The molecule has 0 aromatic heterocycles. The summed E-state index contributed by atoms with van der Waals surface area (Å²) in [7, 11) is 0. The Morgan fingerprint density at radius 3 is 2.77 bits per heavy atom. The zero-order valence-electron chi connectivity index (χ0n) is 18.6. The number of hydrogen-bond acceptors (Lipinski definition) is 5. The first-order valence-electron chi connectivity index (χ1n) is 11.4. The first kappa shape index (κ1) is 22.0. The van der Waals surface area contributed by atoms with Crippen molar-refractivity contribution in [3.8, 4) is 0 Å². The van der Waals surface area contributed by atoms with Crippen LogP contribution in [0.4, 0.5) is 5.69 Å². The Kier molecular flexibility index (Phi) is 6.44. The lowest BCUT2D eigenvalue weighted by atomic mass is 9.49. The summed E-state index contributed by atoms with van der Waals surface area (Å²) in [6.45, 7) is 10.3. The van der Waals surface area contributed by atoms with Crippen LogP contribution in [0.15, 0.2) is 35.9 Å². The van der Waals surface area contributed by atoms with E-state index in [1.54, 1.807) is 12.1 Å². The molecule has 2 atom stereocenters. The SMILES string of the molecule is CC1(C)C2CC=C(CN(CCCN3CCOCC3)C(=O)c3cccc([N+](=O)[O-])c3)C1C2. The molecule has 1 aromatic carbocycles. The van der Waals surface area contributed by atoms with Gasteiger partial charge in [0.25, 0.3) is 11.6 Å². The number of ether oxygens (including phenoxy) is 1. The molecule has 4 aliphatic rings. The second-order valence-corrected chi connectivity index (χ2v) is 9.66. The molecule has 1 saturated carbocycles. The fraction of sp³-hybridized carbons (Fsp3) is 0.625. The number of benzene rings is 1. The van der Waals surface area contributed by atoms with Crippen LogP contribution in [0.5, 0.6) is 0 Å². The molecule has 168 valence electrons. The molecule has 1 amide bonds. The summed E-state index contributed by atoms with van der Waals surface area (Å²) in [6, 6.07) is 6.11. The van der Waals surface area contributed by atoms with E-state index < -0.39 is 4.92 Å². The Labute approximate surface area is 184 Å². The van der Waals surface area contributed by atoms with Gasteiger partial charge < -0.3 is 9.64 Å². The van der Waals surface area contributed by atoms with Gasteiger partial charge in [0.05, 0.1) is 18.1 Å². The number of morpholine rings is 1. The minimum absolute atomic E-state index is 0.0426. The van der Waals surface area contributed by atoms with Gasteiger partial charge in [-0.25, -0.2) is 0 Å². The molecule has 1 aromatic rings. The Morgan fingerprint density at radius 1 is 1.32 bits per heavy atom. The number of carbonyl (C=O) groups is 1. The number of nitro groups is 1. The monoisotopic (exact) mass is 427 g/mol. The highest BCUT2D eigenvalue weighted by Crippen LogP contribution is 2.59. The van der Waals surface area contributed by atoms with Gasteiger partial charge in [0, 0.05) is 50.4 Å². The average molecular weight is 428 g/mol. The van der Waals surface area contributed by atoms with Gasteiger partial charge >= 0.3 is 0 Å². The quantitative estimate of drug-likeness (QED) is 0.359. The summed E-state index contributed by atoms with van der Waals surface area (Å²) in [5, 5.41) is 11.2. The summed E-state index contributed by atoms with van der Waals surface area (Å²) in [6.07, 6.45) is 5.52. The van der Waals surface area contributed by atoms with Gasteiger partial charge in [-0.3, -0.25) is 19.8 Å². The van der Waals surface area contributed by atoms with Gasteiger partial charge in [0.2, 0.25) is 0 Å². The second kappa shape index (κ2) is 9.09. The Morgan fingerprint density at radius 2 is 2.10 bits per heavy atom. The van der Waals surface area contributed by atoms with E-state index >= 15 is 0 Å². The van der Waals surface area contributed by atoms with Crippen LogP contribution in [-0.2, 0) is 4.74 Å². The topological polar surface area (TPSA) is 75.9 Å². The molecule has 0 N–H and O–H groups in total. The minimum Gasteiger partial charge on any atom is -0.379 e. The zero-order chi connectivity index (χ0) is 22.0. The molecule has 5 rings (SSSR count). The summed E-state index contributed by atoms with van der Waals surface area (Å²) >= 11 is 0. The molecular weight excluding hydrogens is 394 g/mol. The van der Waals surface area contributed by atoms with E-state index in [9.17, 15) is 14.9 Å². The van der Waals surface area contributed by atoms with Crippen molar-refractivity contribution in [3.05, 3.63) is 51.6 Å². The lowest BCUT2D eigenvalue weighted by Gasteiger charge is -2.57. The van der Waals surface area contributed by atoms with Crippen LogP contribution in [0.2, 0.25) is 0 Å². The molecule has 1 heterocycles. The van der Waals surface area contributed by atoms with Crippen LogP contribution in [0.3, 0.4) is 0 Å². The largest absolute Gasteiger partial charge is 0.379 e. The highest BCUT2D eigenvalue weighted by atomic mass is 16.6. The number of hydrogen-bond donors (Lipinski definition) is 0. The Hall–Kier alpha value is -2.25. The van der Waals surface area contributed by atoms with Gasteiger partial charge in [-0.1, -0.05) is 31.6 Å². The van der Waals surface area contributed by atoms with Crippen molar-refractivity contribution < 1.29 is 14.5 Å². The second-order valence-electron chi connectivity index (χ2n) is 9.66. The van der Waals surface area contributed by atoms with Crippen LogP contribution in [0, 0.1) is 27.4 Å². The maximum Gasteiger partial charge on any atom is 0.270 e. The predicted molar refractivity (Wildman–Crippen MR) is 119 cm³/mol. The van der Waals surface area contributed by atoms with Crippen molar-refractivity contribution in [2.75, 3.05) is 45.9 Å². The van der Waals surface area contributed by atoms with Crippen molar-refractivity contribution in [2.24, 2.45) is 17.3 Å². The van der Waals surface area contributed by atoms with Crippen molar-refractivity contribution >= 4 is 11.6 Å². The van der Waals surface area contributed by atoms with E-state index in [0.717, 1.165) is 51.6 Å². The number of nitro benzene ring substituents is 1. The van der Waals surface area contributed by atoms with E-state index in [4.69, 9.17) is 4.74 Å². The van der Waals surface area contributed by atoms with E-state index in [-0.39, 0.29) is 11.6 Å². The lowest BCUT2D eigenvalue weighted by molar-refractivity contribution is -0.384. The van der Waals surface area contributed by atoms with Crippen LogP contribution in [-0.4, -0.2) is 66.6 Å². The van der Waals surface area contributed by atoms with Gasteiger partial charge in [0.15, 0.2) is 0 Å². The maximum absolute atomic E-state index is 13.4. The highest BCUT2D eigenvalue weighted by molar-refractivity contribution is 5.95. The van der Waals surface area contributed by atoms with Crippen LogP contribution in [0.1, 0.15) is 43.5 Å². The average Bonchev–Trinajstić information content (AvgIpc) is 2.78. The third kappa shape index (κ3) is 4.67. The zero-order valence-corrected chi connectivity index (χ0v) is 18.6. The van der Waals surface area contributed by atoms with Crippen molar-refractivity contribution in [3.63, 3.8) is 0 Å². The van der Waals surface area contributed by atoms with Crippen molar-refractivity contribution in [1.82, 2.24) is 9.80 Å². The van der Waals surface area contributed by atoms with Gasteiger partial charge in [-0.15, -0.1) is 0 Å². The number of allylic oxidation sites excluding steroid dienone is 1. The number of fused-ring (bicyclic) bond motifs is 1. The molecular formula is C24H33N3O4. The molecule has 2 unspecified atom stereocenters. The van der Waals surface area contributed by atoms with Gasteiger partial charge in [-0.05, 0) is 42.6 Å². The van der Waals surface area contributed by atoms with Crippen LogP contribution < -0.4 is 0 Å². The van der Waals surface area contributed by atoms with Crippen LogP contribution in [0.25, 0.3) is 0 Å². The Balaban J connectivity index is 1.47. The molecule has 2 fully saturated rings. The normalized spacial score (nSPS) is 24.8. The maximum atomic E-state index is 13.4. The van der Waals surface area contributed by atoms with E-state index in [1.807, 2.05) is 4.90 Å². The molecule has 1 saturated heterocycles. The van der Waals surface area contributed by atoms with E-state index in [2.05, 4.69) is 24.8 Å². The summed E-state index contributed by atoms with van der Waals surface area (Å²) in [5.41, 5.74) is 2.01. The standard InChI is InChI=1S/C24H33N3O4/c1-24(2)20-8-7-19(22(24)16-20)17-26(10-4-9-25-11-13-31-14-12-25)23(28)18-5-3-6-21(15-18)27(29)30/h3,5-7,15,20,22H,4,8-14,16-17H2,1-2H3. The molecule has 0 radical (unpaired) electrons. The smallest absolute Gasteiger partial charge is 0.270 e. The summed E-state index contributed by atoms with van der Waals surface area (Å²) < 4.78 is 5.42. The fourth-order valence-electron chi connectivity index (χ4n) is 5.37. The van der Waals surface area contributed by atoms with Crippen molar-refractivity contribution in [1.29, 1.82) is 0 Å². The number of rotatable bonds is 8. The molecule has 0 spiro atoms. The minimum atomic E-state index is -0.444. The first-order valence-corrected chi connectivity index (χ1v) is 11.4. The third-order valence-electron chi connectivity index (χ3n) is 7.55. The van der Waals surface area contributed by atoms with Crippen LogP contribution >= 0.6 is 0 Å². The highest BCUT2D eigenvalue weighted by Gasteiger charge is 2.51. The molecule has 3 aliphatic carbocycles. The summed E-state index contributed by atoms with van der Waals surface area (Å²) in [5.74, 6) is 1.17. The molecule has 2 bridgehead atoms. The number of nitrogens with zero attached hydrogens (tertiary/aromatic N) is 3. The molecule has 31 heavy (non-hydrogen) atoms. The Bertz CT molecular complexity index is 860.